The van der Waals surface area contributed by atoms with Crippen molar-refractivity contribution in [2.75, 3.05) is 13.2 Å². The normalized spacial score (nSPS) is 23.4. The number of esters is 1. The summed E-state index contributed by atoms with van der Waals surface area (Å²) in [7, 11) is 0. The first-order valence-corrected chi connectivity index (χ1v) is 6.82. The van der Waals surface area contributed by atoms with Crippen molar-refractivity contribution in [2.24, 2.45) is 11.7 Å². The number of rotatable bonds is 6. The molecule has 5 nitrogen and oxygen atoms in total. The molecule has 0 unspecified atom stereocenters. The molecule has 1 saturated carbocycles. The van der Waals surface area contributed by atoms with E-state index in [1.165, 1.54) is 0 Å². The second-order valence-corrected chi connectivity index (χ2v) is 4.81. The fourth-order valence-corrected chi connectivity index (χ4v) is 2.20. The van der Waals surface area contributed by atoms with Crippen LogP contribution in [0.5, 0.6) is 0 Å². The number of nitrogens with one attached hydrogen (secondary N) is 1. The van der Waals surface area contributed by atoms with Crippen molar-refractivity contribution >= 4 is 11.9 Å². The van der Waals surface area contributed by atoms with Crippen LogP contribution in [0.2, 0.25) is 0 Å². The van der Waals surface area contributed by atoms with E-state index in [9.17, 15) is 9.59 Å². The SMILES string of the molecule is CCOC(=O)CCCNC(=O)C1CCC(N)CC1. The summed E-state index contributed by atoms with van der Waals surface area (Å²) in [4.78, 5) is 22.9. The van der Waals surface area contributed by atoms with Crippen LogP contribution in [0.25, 0.3) is 0 Å². The first-order chi connectivity index (χ1) is 8.63. The van der Waals surface area contributed by atoms with E-state index in [0.717, 1.165) is 25.7 Å². The molecular formula is C13H24N2O3. The Morgan fingerprint density at radius 3 is 2.56 bits per heavy atom. The van der Waals surface area contributed by atoms with Gasteiger partial charge in [-0.15, -0.1) is 0 Å². The summed E-state index contributed by atoms with van der Waals surface area (Å²) in [5.74, 6) is 0.00791. The summed E-state index contributed by atoms with van der Waals surface area (Å²) in [5, 5.41) is 2.88. The number of ether oxygens (including phenoxy) is 1. The van der Waals surface area contributed by atoms with Crippen molar-refractivity contribution in [3.8, 4) is 0 Å². The molecule has 0 atom stereocenters. The highest BCUT2D eigenvalue weighted by Crippen LogP contribution is 2.23. The fraction of sp³-hybridized carbons (Fsp3) is 0.846. The Hall–Kier alpha value is -1.10. The molecular weight excluding hydrogens is 232 g/mol. The molecule has 0 spiro atoms. The van der Waals surface area contributed by atoms with E-state index in [1.54, 1.807) is 6.92 Å². The highest BCUT2D eigenvalue weighted by Gasteiger charge is 2.24. The Morgan fingerprint density at radius 1 is 1.28 bits per heavy atom. The maximum atomic E-state index is 11.8. The highest BCUT2D eigenvalue weighted by molar-refractivity contribution is 5.78. The maximum absolute atomic E-state index is 11.8. The molecule has 0 aromatic rings. The molecule has 1 aliphatic carbocycles. The number of hydrogen-bond donors (Lipinski definition) is 2. The molecule has 0 aromatic carbocycles. The predicted molar refractivity (Wildman–Crippen MR) is 68.8 cm³/mol. The van der Waals surface area contributed by atoms with Crippen LogP contribution in [0, 0.1) is 5.92 Å². The number of hydrogen-bond acceptors (Lipinski definition) is 4. The topological polar surface area (TPSA) is 81.4 Å². The zero-order chi connectivity index (χ0) is 13.4. The number of nitrogens with two attached hydrogens (primary N) is 1. The summed E-state index contributed by atoms with van der Waals surface area (Å²) in [6, 6.07) is 0.262. The third kappa shape index (κ3) is 5.49. The van der Waals surface area contributed by atoms with Gasteiger partial charge in [-0.2, -0.15) is 0 Å². The van der Waals surface area contributed by atoms with Gasteiger partial charge in [-0.1, -0.05) is 0 Å². The second-order valence-electron chi connectivity index (χ2n) is 4.81. The molecule has 0 aromatic heterocycles. The molecule has 3 N–H and O–H groups in total. The van der Waals surface area contributed by atoms with Gasteiger partial charge in [0.05, 0.1) is 6.61 Å². The Kier molecular flexibility index (Phi) is 6.72. The fourth-order valence-electron chi connectivity index (χ4n) is 2.20. The number of amides is 1. The van der Waals surface area contributed by atoms with Gasteiger partial charge in [0, 0.05) is 24.9 Å². The van der Waals surface area contributed by atoms with Gasteiger partial charge >= 0.3 is 5.97 Å². The molecule has 1 rings (SSSR count). The zero-order valence-corrected chi connectivity index (χ0v) is 11.1. The van der Waals surface area contributed by atoms with Crippen molar-refractivity contribution < 1.29 is 14.3 Å². The standard InChI is InChI=1S/C13H24N2O3/c1-2-18-12(16)4-3-9-15-13(17)10-5-7-11(14)8-6-10/h10-11H,2-9,14H2,1H3,(H,15,17). The van der Waals surface area contributed by atoms with Crippen molar-refractivity contribution in [1.82, 2.24) is 5.32 Å². The maximum Gasteiger partial charge on any atom is 0.305 e. The lowest BCUT2D eigenvalue weighted by atomic mass is 9.86. The summed E-state index contributed by atoms with van der Waals surface area (Å²) >= 11 is 0. The molecule has 18 heavy (non-hydrogen) atoms. The Balaban J connectivity index is 2.08. The van der Waals surface area contributed by atoms with Crippen LogP contribution < -0.4 is 11.1 Å². The molecule has 0 aliphatic heterocycles. The first-order valence-electron chi connectivity index (χ1n) is 6.82. The molecule has 1 amide bonds. The average molecular weight is 256 g/mol. The minimum absolute atomic E-state index is 0.103. The van der Waals surface area contributed by atoms with E-state index in [1.807, 2.05) is 0 Å². The van der Waals surface area contributed by atoms with E-state index in [2.05, 4.69) is 5.32 Å². The van der Waals surface area contributed by atoms with Gasteiger partial charge < -0.3 is 15.8 Å². The summed E-state index contributed by atoms with van der Waals surface area (Å²) in [6.45, 7) is 2.74. The van der Waals surface area contributed by atoms with Crippen LogP contribution in [-0.2, 0) is 14.3 Å². The van der Waals surface area contributed by atoms with Crippen LogP contribution >= 0.6 is 0 Å². The highest BCUT2D eigenvalue weighted by atomic mass is 16.5. The van der Waals surface area contributed by atoms with Crippen molar-refractivity contribution in [3.63, 3.8) is 0 Å². The van der Waals surface area contributed by atoms with E-state index in [4.69, 9.17) is 10.5 Å². The summed E-state index contributed by atoms with van der Waals surface area (Å²) < 4.78 is 4.81. The smallest absolute Gasteiger partial charge is 0.305 e. The summed E-state index contributed by atoms with van der Waals surface area (Å²) in [6.07, 6.45) is 4.62. The van der Waals surface area contributed by atoms with Crippen LogP contribution in [0.1, 0.15) is 45.4 Å². The first kappa shape index (κ1) is 15.0. The van der Waals surface area contributed by atoms with E-state index < -0.39 is 0 Å². The lowest BCUT2D eigenvalue weighted by molar-refractivity contribution is -0.143. The van der Waals surface area contributed by atoms with Gasteiger partial charge in [0.1, 0.15) is 0 Å². The van der Waals surface area contributed by atoms with Crippen molar-refractivity contribution in [2.45, 2.75) is 51.5 Å². The largest absolute Gasteiger partial charge is 0.466 e. The quantitative estimate of drug-likeness (QED) is 0.548. The third-order valence-corrected chi connectivity index (χ3v) is 3.30. The van der Waals surface area contributed by atoms with Gasteiger partial charge in [0.2, 0.25) is 5.91 Å². The predicted octanol–water partition coefficient (Wildman–Crippen LogP) is 0.963. The van der Waals surface area contributed by atoms with Gasteiger partial charge in [-0.3, -0.25) is 9.59 Å². The van der Waals surface area contributed by atoms with Crippen molar-refractivity contribution in [1.29, 1.82) is 0 Å². The number of carbonyl (C=O) groups excluding carboxylic acids is 2. The van der Waals surface area contributed by atoms with Gasteiger partial charge in [-0.25, -0.2) is 0 Å². The van der Waals surface area contributed by atoms with Crippen LogP contribution in [0.4, 0.5) is 0 Å². The summed E-state index contributed by atoms with van der Waals surface area (Å²) in [5.41, 5.74) is 5.80. The lowest BCUT2D eigenvalue weighted by Crippen LogP contribution is -2.36. The molecule has 1 aliphatic rings. The average Bonchev–Trinajstić information content (AvgIpc) is 2.35. The monoisotopic (exact) mass is 256 g/mol. The van der Waals surface area contributed by atoms with E-state index in [0.29, 0.717) is 26.0 Å². The molecule has 0 saturated heterocycles. The van der Waals surface area contributed by atoms with Crippen LogP contribution in [0.3, 0.4) is 0 Å². The molecule has 104 valence electrons. The molecule has 1 fully saturated rings. The minimum atomic E-state index is -0.199. The lowest BCUT2D eigenvalue weighted by Gasteiger charge is -2.25. The Bertz CT molecular complexity index is 273. The Morgan fingerprint density at radius 2 is 1.94 bits per heavy atom. The van der Waals surface area contributed by atoms with Gasteiger partial charge in [0.15, 0.2) is 0 Å². The molecule has 5 heteroatoms. The zero-order valence-electron chi connectivity index (χ0n) is 11.1. The van der Waals surface area contributed by atoms with Gasteiger partial charge in [0.25, 0.3) is 0 Å². The van der Waals surface area contributed by atoms with E-state index in [-0.39, 0.29) is 23.8 Å². The molecule has 0 heterocycles. The molecule has 0 radical (unpaired) electrons. The van der Waals surface area contributed by atoms with Crippen molar-refractivity contribution in [3.05, 3.63) is 0 Å². The molecule has 0 bridgehead atoms. The number of carbonyl (C=O) groups is 2. The second kappa shape index (κ2) is 8.08. The van der Waals surface area contributed by atoms with Crippen LogP contribution in [0.15, 0.2) is 0 Å². The van der Waals surface area contributed by atoms with E-state index >= 15 is 0 Å². The van der Waals surface area contributed by atoms with Crippen LogP contribution in [-0.4, -0.2) is 31.1 Å². The Labute approximate surface area is 108 Å². The third-order valence-electron chi connectivity index (χ3n) is 3.30. The minimum Gasteiger partial charge on any atom is -0.466 e. The van der Waals surface area contributed by atoms with Gasteiger partial charge in [-0.05, 0) is 39.0 Å².